The third-order valence-electron chi connectivity index (χ3n) is 5.25. The monoisotopic (exact) mass is 360 g/mol. The van der Waals surface area contributed by atoms with Crippen LogP contribution in [0, 0.1) is 0 Å². The van der Waals surface area contributed by atoms with E-state index in [0.717, 1.165) is 32.7 Å². The van der Waals surface area contributed by atoms with E-state index in [1.807, 2.05) is 84.9 Å². The summed E-state index contributed by atoms with van der Waals surface area (Å²) in [5.74, 6) is -0.280. The highest BCUT2D eigenvalue weighted by molar-refractivity contribution is 6.49. The Morgan fingerprint density at radius 3 is 1.29 bits per heavy atom. The topological polar surface area (TPSA) is 34.1 Å². The van der Waals surface area contributed by atoms with E-state index in [9.17, 15) is 9.59 Å². The lowest BCUT2D eigenvalue weighted by molar-refractivity contribution is -0.112. The molecule has 2 heteroatoms. The number of rotatable bonds is 2. The number of carbonyl (C=O) groups excluding carboxylic acids is 2. The molecule has 5 rings (SSSR count). The fraction of sp³-hybridized carbons (Fsp3) is 0. The smallest absolute Gasteiger partial charge is 0.187 e. The molecule has 0 unspecified atom stereocenters. The zero-order chi connectivity index (χ0) is 19.1. The lowest BCUT2D eigenvalue weighted by Gasteiger charge is -2.18. The maximum absolute atomic E-state index is 13.0. The Morgan fingerprint density at radius 2 is 0.821 bits per heavy atom. The molecule has 0 spiro atoms. The molecule has 0 radical (unpaired) electrons. The van der Waals surface area contributed by atoms with Crippen molar-refractivity contribution in [3.05, 3.63) is 108 Å². The first kappa shape index (κ1) is 16.4. The Kier molecular flexibility index (Phi) is 3.77. The highest BCUT2D eigenvalue weighted by Gasteiger charge is 2.27. The van der Waals surface area contributed by atoms with Gasteiger partial charge in [-0.05, 0) is 44.8 Å². The third kappa shape index (κ3) is 2.50. The van der Waals surface area contributed by atoms with Crippen molar-refractivity contribution in [2.75, 3.05) is 0 Å². The molecular formula is C26H16O2. The van der Waals surface area contributed by atoms with Crippen LogP contribution in [0.2, 0.25) is 0 Å². The van der Waals surface area contributed by atoms with Gasteiger partial charge in [-0.3, -0.25) is 9.59 Å². The first-order valence-electron chi connectivity index (χ1n) is 9.21. The largest absolute Gasteiger partial charge is 0.289 e. The average Bonchev–Trinajstić information content (AvgIpc) is 2.74. The van der Waals surface area contributed by atoms with Gasteiger partial charge in [-0.2, -0.15) is 0 Å². The molecule has 1 aliphatic carbocycles. The Morgan fingerprint density at radius 1 is 0.429 bits per heavy atom. The van der Waals surface area contributed by atoms with E-state index in [-0.39, 0.29) is 11.6 Å². The molecule has 0 bridgehead atoms. The summed E-state index contributed by atoms with van der Waals surface area (Å²) in [4.78, 5) is 26.0. The second-order valence-electron chi connectivity index (χ2n) is 6.87. The van der Waals surface area contributed by atoms with E-state index in [4.69, 9.17) is 0 Å². The van der Waals surface area contributed by atoms with Gasteiger partial charge in [-0.1, -0.05) is 84.9 Å². The molecule has 0 fully saturated rings. The molecule has 0 heterocycles. The number of benzene rings is 4. The first-order chi connectivity index (χ1) is 13.7. The minimum absolute atomic E-state index is 0.140. The molecule has 4 aromatic carbocycles. The van der Waals surface area contributed by atoms with Gasteiger partial charge in [0.05, 0.1) is 0 Å². The molecule has 0 aromatic heterocycles. The van der Waals surface area contributed by atoms with Crippen molar-refractivity contribution in [2.45, 2.75) is 0 Å². The van der Waals surface area contributed by atoms with Crippen LogP contribution < -0.4 is 0 Å². The minimum Gasteiger partial charge on any atom is -0.289 e. The van der Waals surface area contributed by atoms with Crippen molar-refractivity contribution in [3.8, 4) is 0 Å². The van der Waals surface area contributed by atoms with Crippen LogP contribution in [0.4, 0.5) is 0 Å². The van der Waals surface area contributed by atoms with E-state index in [1.165, 1.54) is 12.2 Å². The first-order valence-corrected chi connectivity index (χ1v) is 9.21. The Labute approximate surface area is 162 Å². The molecule has 0 aliphatic heterocycles. The fourth-order valence-corrected chi connectivity index (χ4v) is 3.99. The molecular weight excluding hydrogens is 344 g/mol. The summed E-state index contributed by atoms with van der Waals surface area (Å²) in [5.41, 5.74) is 2.54. The third-order valence-corrected chi connectivity index (χ3v) is 5.25. The number of fused-ring (bicyclic) bond motifs is 2. The standard InChI is InChI=1S/C26H16O2/c27-23-15-16-24(28)26(22-14-6-10-18-8-2-4-12-20(18)22)25(23)21-13-5-9-17-7-1-3-11-19(17)21/h1-16H. The van der Waals surface area contributed by atoms with Crippen LogP contribution in [0.1, 0.15) is 11.1 Å². The van der Waals surface area contributed by atoms with Crippen LogP contribution in [0.25, 0.3) is 32.7 Å². The summed E-state index contributed by atoms with van der Waals surface area (Å²) in [6.07, 6.45) is 2.77. The zero-order valence-electron chi connectivity index (χ0n) is 15.1. The minimum atomic E-state index is -0.140. The fourth-order valence-electron chi connectivity index (χ4n) is 3.99. The number of hydrogen-bond donors (Lipinski definition) is 0. The van der Waals surface area contributed by atoms with Crippen LogP contribution in [-0.2, 0) is 9.59 Å². The number of carbonyl (C=O) groups is 2. The summed E-state index contributed by atoms with van der Waals surface area (Å²) in [5, 5.41) is 4.02. The van der Waals surface area contributed by atoms with E-state index >= 15 is 0 Å². The van der Waals surface area contributed by atoms with Crippen molar-refractivity contribution in [2.24, 2.45) is 0 Å². The molecule has 0 saturated heterocycles. The summed E-state index contributed by atoms with van der Waals surface area (Å²) >= 11 is 0. The number of hydrogen-bond acceptors (Lipinski definition) is 2. The number of allylic oxidation sites excluding steroid dienone is 4. The zero-order valence-corrected chi connectivity index (χ0v) is 15.1. The summed E-state index contributed by atoms with van der Waals surface area (Å²) in [6, 6.07) is 27.6. The second-order valence-corrected chi connectivity index (χ2v) is 6.87. The van der Waals surface area contributed by atoms with Gasteiger partial charge in [-0.25, -0.2) is 0 Å². The molecule has 28 heavy (non-hydrogen) atoms. The molecule has 4 aromatic rings. The van der Waals surface area contributed by atoms with Crippen LogP contribution >= 0.6 is 0 Å². The second kappa shape index (κ2) is 6.43. The van der Waals surface area contributed by atoms with Crippen molar-refractivity contribution < 1.29 is 9.59 Å². The molecule has 0 N–H and O–H groups in total. The quantitative estimate of drug-likeness (QED) is 0.435. The number of ketones is 2. The SMILES string of the molecule is O=C1C=CC(=O)C(c2cccc3ccccc23)=C1c1cccc2ccccc12. The lowest BCUT2D eigenvalue weighted by atomic mass is 9.83. The van der Waals surface area contributed by atoms with Gasteiger partial charge in [0.25, 0.3) is 0 Å². The predicted molar refractivity (Wildman–Crippen MR) is 114 cm³/mol. The Balaban J connectivity index is 1.91. The normalized spacial score (nSPS) is 14.3. The Bertz CT molecular complexity index is 1230. The van der Waals surface area contributed by atoms with E-state index in [2.05, 4.69) is 0 Å². The molecule has 0 amide bonds. The van der Waals surface area contributed by atoms with Crippen molar-refractivity contribution in [3.63, 3.8) is 0 Å². The van der Waals surface area contributed by atoms with E-state index < -0.39 is 0 Å². The van der Waals surface area contributed by atoms with Crippen LogP contribution in [0.15, 0.2) is 97.1 Å². The maximum Gasteiger partial charge on any atom is 0.187 e. The molecule has 2 nitrogen and oxygen atoms in total. The lowest BCUT2D eigenvalue weighted by Crippen LogP contribution is -2.13. The van der Waals surface area contributed by atoms with Gasteiger partial charge >= 0.3 is 0 Å². The van der Waals surface area contributed by atoms with Crippen LogP contribution in [0.3, 0.4) is 0 Å². The van der Waals surface area contributed by atoms with E-state index in [1.54, 1.807) is 0 Å². The van der Waals surface area contributed by atoms with Gasteiger partial charge < -0.3 is 0 Å². The molecule has 1 aliphatic rings. The van der Waals surface area contributed by atoms with Gasteiger partial charge in [0, 0.05) is 11.1 Å². The summed E-state index contributed by atoms with van der Waals surface area (Å²) < 4.78 is 0. The summed E-state index contributed by atoms with van der Waals surface area (Å²) in [7, 11) is 0. The molecule has 132 valence electrons. The van der Waals surface area contributed by atoms with Gasteiger partial charge in [-0.15, -0.1) is 0 Å². The predicted octanol–water partition coefficient (Wildman–Crippen LogP) is 5.61. The summed E-state index contributed by atoms with van der Waals surface area (Å²) in [6.45, 7) is 0. The Hall–Kier alpha value is -3.78. The van der Waals surface area contributed by atoms with Crippen molar-refractivity contribution in [1.29, 1.82) is 0 Å². The maximum atomic E-state index is 13.0. The van der Waals surface area contributed by atoms with Crippen molar-refractivity contribution in [1.82, 2.24) is 0 Å². The van der Waals surface area contributed by atoms with Crippen molar-refractivity contribution >= 4 is 44.3 Å². The molecule has 0 saturated carbocycles. The highest BCUT2D eigenvalue weighted by Crippen LogP contribution is 2.37. The van der Waals surface area contributed by atoms with Gasteiger partial charge in [0.2, 0.25) is 0 Å². The van der Waals surface area contributed by atoms with Gasteiger partial charge in [0.1, 0.15) is 0 Å². The average molecular weight is 360 g/mol. The van der Waals surface area contributed by atoms with Gasteiger partial charge in [0.15, 0.2) is 11.6 Å². The van der Waals surface area contributed by atoms with Crippen LogP contribution in [-0.4, -0.2) is 11.6 Å². The highest BCUT2D eigenvalue weighted by atomic mass is 16.1. The molecule has 0 atom stereocenters. The van der Waals surface area contributed by atoms with Crippen LogP contribution in [0.5, 0.6) is 0 Å². The van der Waals surface area contributed by atoms with E-state index in [0.29, 0.717) is 11.1 Å².